The number of rotatable bonds is 10. The van der Waals surface area contributed by atoms with Gasteiger partial charge in [-0.15, -0.1) is 0 Å². The van der Waals surface area contributed by atoms with Crippen molar-refractivity contribution in [3.8, 4) is 11.1 Å². The van der Waals surface area contributed by atoms with Crippen molar-refractivity contribution in [1.29, 1.82) is 0 Å². The Kier molecular flexibility index (Phi) is 10.5. The van der Waals surface area contributed by atoms with E-state index in [1.165, 1.54) is 5.56 Å². The number of nitrogens with one attached hydrogen (secondary N) is 2. The van der Waals surface area contributed by atoms with Gasteiger partial charge in [0.2, 0.25) is 5.91 Å². The summed E-state index contributed by atoms with van der Waals surface area (Å²) in [5.41, 5.74) is 7.37. The molecule has 0 aromatic heterocycles. The van der Waals surface area contributed by atoms with Crippen molar-refractivity contribution in [2.24, 2.45) is 0 Å². The number of piperazine rings is 1. The molecule has 1 heterocycles. The van der Waals surface area contributed by atoms with E-state index in [9.17, 15) is 9.59 Å². The molecule has 3 aromatic carbocycles. The van der Waals surface area contributed by atoms with E-state index >= 15 is 0 Å². The largest absolute Gasteiger partial charge is 0.369 e. The number of carbonyl (C=O) groups is 2. The summed E-state index contributed by atoms with van der Waals surface area (Å²) in [6.07, 6.45) is 5.91. The number of aryl methyl sites for hydroxylation is 2. The lowest BCUT2D eigenvalue weighted by molar-refractivity contribution is -0.127. The molecule has 1 saturated heterocycles. The molecule has 0 bridgehead atoms. The molecular formula is C36H42N4O2. The SMILES string of the molecule is C=C(/C=C\C(=C/C)N1CCN(C(C(=O)NCC)c2ccccc2)CC1)NC(=O)c1ccc(C)cc1-c1ccc(C)cc1. The Bertz CT molecular complexity index is 1450. The Morgan fingerprint density at radius 2 is 1.57 bits per heavy atom. The zero-order valence-corrected chi connectivity index (χ0v) is 25.2. The quantitative estimate of drug-likeness (QED) is 0.290. The summed E-state index contributed by atoms with van der Waals surface area (Å²) in [4.78, 5) is 30.8. The predicted molar refractivity (Wildman–Crippen MR) is 172 cm³/mol. The van der Waals surface area contributed by atoms with E-state index in [-0.39, 0.29) is 17.9 Å². The van der Waals surface area contributed by atoms with E-state index < -0.39 is 0 Å². The number of likely N-dealkylation sites (N-methyl/N-ethyl adjacent to an activating group) is 1. The summed E-state index contributed by atoms with van der Waals surface area (Å²) >= 11 is 0. The van der Waals surface area contributed by atoms with Crippen molar-refractivity contribution in [2.75, 3.05) is 32.7 Å². The third kappa shape index (κ3) is 7.65. The van der Waals surface area contributed by atoms with E-state index in [0.717, 1.165) is 54.1 Å². The van der Waals surface area contributed by atoms with Gasteiger partial charge in [-0.25, -0.2) is 0 Å². The Balaban J connectivity index is 1.39. The second-order valence-corrected chi connectivity index (χ2v) is 10.7. The number of carbonyl (C=O) groups excluding carboxylic acids is 2. The molecule has 6 nitrogen and oxygen atoms in total. The van der Waals surface area contributed by atoms with Crippen LogP contribution < -0.4 is 10.6 Å². The highest BCUT2D eigenvalue weighted by molar-refractivity contribution is 6.02. The lowest BCUT2D eigenvalue weighted by Gasteiger charge is -2.40. The maximum atomic E-state index is 13.3. The smallest absolute Gasteiger partial charge is 0.256 e. The van der Waals surface area contributed by atoms with Crippen LogP contribution in [0.5, 0.6) is 0 Å². The van der Waals surface area contributed by atoms with Gasteiger partial charge in [0.25, 0.3) is 5.91 Å². The van der Waals surface area contributed by atoms with Gasteiger partial charge in [-0.2, -0.15) is 0 Å². The van der Waals surface area contributed by atoms with Gasteiger partial charge in [-0.1, -0.05) is 90.5 Å². The van der Waals surface area contributed by atoms with Crippen LogP contribution in [0.1, 0.15) is 46.9 Å². The first-order valence-electron chi connectivity index (χ1n) is 14.6. The molecule has 3 aromatic rings. The molecule has 1 fully saturated rings. The maximum Gasteiger partial charge on any atom is 0.256 e. The van der Waals surface area contributed by atoms with Gasteiger partial charge in [-0.3, -0.25) is 14.5 Å². The number of allylic oxidation sites excluding steroid dienone is 3. The Morgan fingerprint density at radius 3 is 2.21 bits per heavy atom. The topological polar surface area (TPSA) is 64.7 Å². The Labute approximate surface area is 250 Å². The molecule has 1 aliphatic heterocycles. The molecule has 0 aliphatic carbocycles. The summed E-state index contributed by atoms with van der Waals surface area (Å²) in [7, 11) is 0. The highest BCUT2D eigenvalue weighted by atomic mass is 16.2. The first-order chi connectivity index (χ1) is 20.3. The molecule has 0 saturated carbocycles. The molecule has 218 valence electrons. The standard InChI is InChI=1S/C36H42N4O2/c1-6-31(39-21-23-40(24-22-39)34(36(42)37-7-2)30-11-9-8-10-12-30)19-16-28(5)38-35(41)32-20-15-27(4)25-33(32)29-17-13-26(3)14-18-29/h6,8-20,25,34H,5,7,21-24H2,1-4H3,(H,37,42)(H,38,41)/b19-16-,31-6+. The fourth-order valence-corrected chi connectivity index (χ4v) is 5.33. The van der Waals surface area contributed by atoms with Crippen LogP contribution in [0.25, 0.3) is 11.1 Å². The van der Waals surface area contributed by atoms with Crippen molar-refractivity contribution in [2.45, 2.75) is 33.7 Å². The van der Waals surface area contributed by atoms with Gasteiger partial charge in [0.05, 0.1) is 0 Å². The third-order valence-electron chi connectivity index (χ3n) is 7.57. The van der Waals surface area contributed by atoms with Crippen LogP contribution >= 0.6 is 0 Å². The van der Waals surface area contributed by atoms with Crippen LogP contribution in [0.15, 0.2) is 109 Å². The molecule has 0 radical (unpaired) electrons. The van der Waals surface area contributed by atoms with Crippen molar-refractivity contribution in [1.82, 2.24) is 20.4 Å². The summed E-state index contributed by atoms with van der Waals surface area (Å²) in [6, 6.07) is 23.8. The number of nitrogens with zero attached hydrogens (tertiary/aromatic N) is 2. The van der Waals surface area contributed by atoms with Crippen LogP contribution in [0, 0.1) is 13.8 Å². The molecule has 4 rings (SSSR count). The molecule has 1 atom stereocenters. The van der Waals surface area contributed by atoms with E-state index in [1.807, 2.05) is 93.6 Å². The average Bonchev–Trinajstić information content (AvgIpc) is 2.99. The first-order valence-corrected chi connectivity index (χ1v) is 14.6. The molecule has 42 heavy (non-hydrogen) atoms. The van der Waals surface area contributed by atoms with E-state index in [1.54, 1.807) is 0 Å². The molecule has 2 amide bonds. The highest BCUT2D eigenvalue weighted by Crippen LogP contribution is 2.26. The number of hydrogen-bond donors (Lipinski definition) is 2. The second-order valence-electron chi connectivity index (χ2n) is 10.7. The van der Waals surface area contributed by atoms with Crippen molar-refractivity contribution < 1.29 is 9.59 Å². The van der Waals surface area contributed by atoms with Crippen LogP contribution in [0.2, 0.25) is 0 Å². The fraction of sp³-hybridized carbons (Fsp3) is 0.278. The Morgan fingerprint density at radius 1 is 0.905 bits per heavy atom. The van der Waals surface area contributed by atoms with Crippen LogP contribution in [0.4, 0.5) is 0 Å². The van der Waals surface area contributed by atoms with Crippen molar-refractivity contribution >= 4 is 11.8 Å². The number of hydrogen-bond acceptors (Lipinski definition) is 4. The summed E-state index contributed by atoms with van der Waals surface area (Å²) < 4.78 is 0. The minimum atomic E-state index is -0.306. The molecule has 0 spiro atoms. The van der Waals surface area contributed by atoms with Crippen molar-refractivity contribution in [3.63, 3.8) is 0 Å². The summed E-state index contributed by atoms with van der Waals surface area (Å²) in [6.45, 7) is 15.8. The van der Waals surface area contributed by atoms with Crippen LogP contribution in [-0.2, 0) is 4.79 Å². The minimum absolute atomic E-state index is 0.0365. The van der Waals surface area contributed by atoms with E-state index in [4.69, 9.17) is 0 Å². The molecular weight excluding hydrogens is 520 g/mol. The fourth-order valence-electron chi connectivity index (χ4n) is 5.33. The lowest BCUT2D eigenvalue weighted by atomic mass is 9.96. The van der Waals surface area contributed by atoms with Gasteiger partial charge >= 0.3 is 0 Å². The summed E-state index contributed by atoms with van der Waals surface area (Å²) in [5.74, 6) is -0.150. The van der Waals surface area contributed by atoms with Gasteiger partial charge < -0.3 is 15.5 Å². The molecule has 2 N–H and O–H groups in total. The van der Waals surface area contributed by atoms with Gasteiger partial charge in [0.15, 0.2) is 0 Å². The number of benzene rings is 3. The molecule has 1 aliphatic rings. The van der Waals surface area contributed by atoms with Gasteiger partial charge in [0, 0.05) is 49.7 Å². The number of amides is 2. The normalized spacial score (nSPS) is 15.0. The first kappa shape index (κ1) is 30.5. The summed E-state index contributed by atoms with van der Waals surface area (Å²) in [5, 5.41) is 5.97. The van der Waals surface area contributed by atoms with E-state index in [0.29, 0.717) is 17.8 Å². The van der Waals surface area contributed by atoms with Crippen LogP contribution in [0.3, 0.4) is 0 Å². The molecule has 6 heteroatoms. The highest BCUT2D eigenvalue weighted by Gasteiger charge is 2.30. The average molecular weight is 563 g/mol. The maximum absolute atomic E-state index is 13.3. The van der Waals surface area contributed by atoms with Crippen LogP contribution in [-0.4, -0.2) is 54.3 Å². The second kappa shape index (κ2) is 14.5. The third-order valence-corrected chi connectivity index (χ3v) is 7.57. The Hall–Kier alpha value is -4.42. The zero-order chi connectivity index (χ0) is 30.1. The minimum Gasteiger partial charge on any atom is -0.369 e. The molecule has 1 unspecified atom stereocenters. The van der Waals surface area contributed by atoms with Gasteiger partial charge in [-0.05, 0) is 62.6 Å². The zero-order valence-electron chi connectivity index (χ0n) is 25.2. The lowest BCUT2D eigenvalue weighted by Crippen LogP contribution is -2.50. The predicted octanol–water partition coefficient (Wildman–Crippen LogP) is 6.17. The van der Waals surface area contributed by atoms with E-state index in [2.05, 4.69) is 52.1 Å². The monoisotopic (exact) mass is 562 g/mol. The van der Waals surface area contributed by atoms with Crippen molar-refractivity contribution in [3.05, 3.63) is 131 Å². The van der Waals surface area contributed by atoms with Gasteiger partial charge in [0.1, 0.15) is 6.04 Å².